The SMILES string of the molecule is CN1C(=O)C(C)(C)Oc2ccc(CCON)cc21. The molecule has 2 rings (SSSR count). The molecule has 2 N–H and O–H groups in total. The van der Waals surface area contributed by atoms with E-state index in [9.17, 15) is 4.79 Å². The largest absolute Gasteiger partial charge is 0.476 e. The van der Waals surface area contributed by atoms with Gasteiger partial charge in [-0.3, -0.25) is 4.79 Å². The highest BCUT2D eigenvalue weighted by Crippen LogP contribution is 2.37. The number of benzene rings is 1. The van der Waals surface area contributed by atoms with Crippen LogP contribution in [0.1, 0.15) is 19.4 Å². The van der Waals surface area contributed by atoms with E-state index < -0.39 is 5.60 Å². The molecule has 1 amide bonds. The Hall–Kier alpha value is -1.59. The molecule has 0 bridgehead atoms. The van der Waals surface area contributed by atoms with Gasteiger partial charge >= 0.3 is 0 Å². The monoisotopic (exact) mass is 250 g/mol. The summed E-state index contributed by atoms with van der Waals surface area (Å²) in [4.78, 5) is 18.3. The van der Waals surface area contributed by atoms with Crippen molar-refractivity contribution in [2.45, 2.75) is 25.9 Å². The van der Waals surface area contributed by atoms with Gasteiger partial charge in [0.05, 0.1) is 12.3 Å². The number of ether oxygens (including phenoxy) is 1. The van der Waals surface area contributed by atoms with Gasteiger partial charge in [-0.05, 0) is 38.0 Å². The molecule has 1 aromatic rings. The number of amides is 1. The Bertz CT molecular complexity index is 471. The third kappa shape index (κ3) is 2.19. The molecule has 0 unspecified atom stereocenters. The summed E-state index contributed by atoms with van der Waals surface area (Å²) in [6.45, 7) is 3.98. The summed E-state index contributed by atoms with van der Waals surface area (Å²) in [6, 6.07) is 5.77. The molecular formula is C13H18N2O3. The van der Waals surface area contributed by atoms with E-state index >= 15 is 0 Å². The van der Waals surface area contributed by atoms with E-state index in [0.717, 1.165) is 17.0 Å². The van der Waals surface area contributed by atoms with E-state index in [2.05, 4.69) is 4.84 Å². The minimum Gasteiger partial charge on any atom is -0.476 e. The highest BCUT2D eigenvalue weighted by molar-refractivity contribution is 6.01. The topological polar surface area (TPSA) is 64.8 Å². The first-order chi connectivity index (χ1) is 8.45. The maximum Gasteiger partial charge on any atom is 0.270 e. The predicted molar refractivity (Wildman–Crippen MR) is 68.4 cm³/mol. The number of hydrogen-bond donors (Lipinski definition) is 1. The number of carbonyl (C=O) groups is 1. The van der Waals surface area contributed by atoms with Crippen molar-refractivity contribution in [2.24, 2.45) is 5.90 Å². The second-order valence-corrected chi connectivity index (χ2v) is 4.90. The van der Waals surface area contributed by atoms with Gasteiger partial charge in [0.25, 0.3) is 5.91 Å². The van der Waals surface area contributed by atoms with Crippen molar-refractivity contribution in [2.75, 3.05) is 18.6 Å². The van der Waals surface area contributed by atoms with Crippen molar-refractivity contribution in [3.63, 3.8) is 0 Å². The van der Waals surface area contributed by atoms with Gasteiger partial charge in [0, 0.05) is 7.05 Å². The van der Waals surface area contributed by atoms with Gasteiger partial charge in [0.2, 0.25) is 0 Å². The van der Waals surface area contributed by atoms with Crippen LogP contribution in [-0.2, 0) is 16.1 Å². The molecular weight excluding hydrogens is 232 g/mol. The van der Waals surface area contributed by atoms with Crippen molar-refractivity contribution >= 4 is 11.6 Å². The first-order valence-electron chi connectivity index (χ1n) is 5.87. The maximum absolute atomic E-state index is 12.1. The highest BCUT2D eigenvalue weighted by Gasteiger charge is 2.39. The quantitative estimate of drug-likeness (QED) is 0.820. The van der Waals surface area contributed by atoms with Gasteiger partial charge in [-0.25, -0.2) is 5.90 Å². The Morgan fingerprint density at radius 3 is 2.83 bits per heavy atom. The van der Waals surface area contributed by atoms with Crippen LogP contribution >= 0.6 is 0 Å². The number of anilines is 1. The van der Waals surface area contributed by atoms with Gasteiger partial charge in [-0.15, -0.1) is 0 Å². The molecule has 5 nitrogen and oxygen atoms in total. The number of hydrogen-bond acceptors (Lipinski definition) is 4. The lowest BCUT2D eigenvalue weighted by molar-refractivity contribution is -0.132. The second kappa shape index (κ2) is 4.59. The Balaban J connectivity index is 2.33. The highest BCUT2D eigenvalue weighted by atomic mass is 16.6. The summed E-state index contributed by atoms with van der Waals surface area (Å²) in [6.07, 6.45) is 0.704. The summed E-state index contributed by atoms with van der Waals surface area (Å²) < 4.78 is 5.71. The van der Waals surface area contributed by atoms with Crippen molar-refractivity contribution in [1.29, 1.82) is 0 Å². The van der Waals surface area contributed by atoms with Crippen molar-refractivity contribution in [3.05, 3.63) is 23.8 Å². The number of likely N-dealkylation sites (N-methyl/N-ethyl adjacent to an activating group) is 1. The van der Waals surface area contributed by atoms with E-state index in [-0.39, 0.29) is 5.91 Å². The van der Waals surface area contributed by atoms with E-state index in [1.54, 1.807) is 25.8 Å². The molecule has 98 valence electrons. The van der Waals surface area contributed by atoms with Crippen molar-refractivity contribution < 1.29 is 14.4 Å². The molecule has 0 atom stereocenters. The lowest BCUT2D eigenvalue weighted by Crippen LogP contribution is -2.50. The third-order valence-electron chi connectivity index (χ3n) is 3.08. The van der Waals surface area contributed by atoms with Crippen molar-refractivity contribution in [3.8, 4) is 5.75 Å². The van der Waals surface area contributed by atoms with Crippen LogP contribution in [0.3, 0.4) is 0 Å². The second-order valence-electron chi connectivity index (χ2n) is 4.90. The van der Waals surface area contributed by atoms with Crippen LogP contribution in [-0.4, -0.2) is 25.2 Å². The van der Waals surface area contributed by atoms with E-state index in [1.807, 2.05) is 18.2 Å². The molecule has 0 aromatic heterocycles. The molecule has 18 heavy (non-hydrogen) atoms. The van der Waals surface area contributed by atoms with E-state index in [1.165, 1.54) is 0 Å². The van der Waals surface area contributed by atoms with Crippen LogP contribution in [0.5, 0.6) is 5.75 Å². The summed E-state index contributed by atoms with van der Waals surface area (Å²) in [5.41, 5.74) is 1.03. The molecule has 0 fully saturated rings. The average molecular weight is 250 g/mol. The Labute approximate surface area is 106 Å². The normalized spacial score (nSPS) is 17.3. The number of rotatable bonds is 3. The van der Waals surface area contributed by atoms with E-state index in [0.29, 0.717) is 13.0 Å². The molecule has 1 aliphatic rings. The summed E-state index contributed by atoms with van der Waals surface area (Å²) in [5, 5.41) is 0. The molecule has 1 heterocycles. The zero-order valence-corrected chi connectivity index (χ0v) is 10.9. The molecule has 5 heteroatoms. The number of nitrogens with two attached hydrogens (primary N) is 1. The Kier molecular flexibility index (Phi) is 3.28. The number of fused-ring (bicyclic) bond motifs is 1. The first-order valence-corrected chi connectivity index (χ1v) is 5.87. The number of carbonyl (C=O) groups excluding carboxylic acids is 1. The molecule has 0 saturated carbocycles. The minimum atomic E-state index is -0.816. The Morgan fingerprint density at radius 1 is 1.44 bits per heavy atom. The first kappa shape index (κ1) is 12.9. The lowest BCUT2D eigenvalue weighted by Gasteiger charge is -2.37. The number of nitrogens with zero attached hydrogens (tertiary/aromatic N) is 1. The standard InChI is InChI=1S/C13H18N2O3/c1-13(2)12(16)15(3)10-8-9(6-7-17-14)4-5-11(10)18-13/h4-5,8H,6-7,14H2,1-3H3. The van der Waals surface area contributed by atoms with Crippen LogP contribution in [0.25, 0.3) is 0 Å². The summed E-state index contributed by atoms with van der Waals surface area (Å²) >= 11 is 0. The van der Waals surface area contributed by atoms with Crippen LogP contribution in [0.2, 0.25) is 0 Å². The molecule has 1 aliphatic heterocycles. The predicted octanol–water partition coefficient (Wildman–Crippen LogP) is 1.25. The van der Waals surface area contributed by atoms with Crippen LogP contribution in [0.15, 0.2) is 18.2 Å². The molecule has 0 aliphatic carbocycles. The fourth-order valence-corrected chi connectivity index (χ4v) is 2.08. The molecule has 0 saturated heterocycles. The summed E-state index contributed by atoms with van der Waals surface area (Å²) in [5.74, 6) is 5.68. The fourth-order valence-electron chi connectivity index (χ4n) is 2.08. The Morgan fingerprint density at radius 2 is 2.17 bits per heavy atom. The zero-order valence-electron chi connectivity index (χ0n) is 10.9. The summed E-state index contributed by atoms with van der Waals surface area (Å²) in [7, 11) is 1.76. The van der Waals surface area contributed by atoms with Crippen LogP contribution < -0.4 is 15.5 Å². The van der Waals surface area contributed by atoms with E-state index in [4.69, 9.17) is 10.6 Å². The van der Waals surface area contributed by atoms with Crippen molar-refractivity contribution in [1.82, 2.24) is 0 Å². The van der Waals surface area contributed by atoms with Gasteiger partial charge < -0.3 is 14.5 Å². The smallest absolute Gasteiger partial charge is 0.270 e. The zero-order chi connectivity index (χ0) is 13.3. The van der Waals surface area contributed by atoms with Gasteiger partial charge in [0.1, 0.15) is 5.75 Å². The van der Waals surface area contributed by atoms with Crippen LogP contribution in [0.4, 0.5) is 5.69 Å². The van der Waals surface area contributed by atoms with Gasteiger partial charge in [0.15, 0.2) is 5.60 Å². The third-order valence-corrected chi connectivity index (χ3v) is 3.08. The molecule has 0 spiro atoms. The molecule has 1 aromatic carbocycles. The lowest BCUT2D eigenvalue weighted by atomic mass is 10.0. The van der Waals surface area contributed by atoms with Crippen LogP contribution in [0, 0.1) is 0 Å². The molecule has 0 radical (unpaired) electrons. The average Bonchev–Trinajstić information content (AvgIpc) is 2.34. The van der Waals surface area contributed by atoms with Gasteiger partial charge in [-0.2, -0.15) is 0 Å². The maximum atomic E-state index is 12.1. The minimum absolute atomic E-state index is 0.0535. The fraction of sp³-hybridized carbons (Fsp3) is 0.462. The van der Waals surface area contributed by atoms with Gasteiger partial charge in [-0.1, -0.05) is 6.07 Å².